The number of anilines is 1. The smallest absolute Gasteiger partial charge is 0.242 e. The molecule has 25 heavy (non-hydrogen) atoms. The molecular weight excluding hydrogens is 342 g/mol. The summed E-state index contributed by atoms with van der Waals surface area (Å²) >= 11 is 0. The van der Waals surface area contributed by atoms with Crippen molar-refractivity contribution in [3.05, 3.63) is 43.0 Å². The minimum Gasteiger partial charge on any atom is -0.744 e. The third-order valence-electron chi connectivity index (χ3n) is 4.08. The lowest BCUT2D eigenvalue weighted by Crippen LogP contribution is -2.57. The van der Waals surface area contributed by atoms with Gasteiger partial charge in [-0.2, -0.15) is 10.2 Å². The van der Waals surface area contributed by atoms with Crippen LogP contribution in [0.1, 0.15) is 19.8 Å². The number of nitrogens with one attached hydrogen (secondary N) is 1. The Bertz CT molecular complexity index is 801. The first-order valence-corrected chi connectivity index (χ1v) is 9.30. The van der Waals surface area contributed by atoms with Gasteiger partial charge in [0, 0.05) is 26.2 Å². The molecule has 1 N–H and O–H groups in total. The summed E-state index contributed by atoms with van der Waals surface area (Å²) in [6.45, 7) is 1.76. The van der Waals surface area contributed by atoms with Crippen LogP contribution in [0.3, 0.4) is 0 Å². The van der Waals surface area contributed by atoms with Crippen molar-refractivity contribution in [2.24, 2.45) is 10.2 Å². The zero-order chi connectivity index (χ0) is 18.5. The van der Waals surface area contributed by atoms with Gasteiger partial charge >= 0.3 is 0 Å². The minimum absolute atomic E-state index is 0.153. The van der Waals surface area contributed by atoms with Crippen molar-refractivity contribution in [3.8, 4) is 0 Å². The van der Waals surface area contributed by atoms with Gasteiger partial charge in [0.25, 0.3) is 0 Å². The van der Waals surface area contributed by atoms with E-state index in [1.54, 1.807) is 6.20 Å². The number of rotatable bonds is 8. The zero-order valence-electron chi connectivity index (χ0n) is 14.6. The molecule has 0 saturated carbocycles. The van der Waals surface area contributed by atoms with Crippen molar-refractivity contribution in [1.29, 1.82) is 0 Å². The molecule has 0 bridgehead atoms. The van der Waals surface area contributed by atoms with E-state index in [0.717, 1.165) is 11.4 Å². The second-order valence-corrected chi connectivity index (χ2v) is 7.92. The standard InChI is InChI=1S/C16H23N5O3S/c1-16(25(22,23)24,21-12-11-17-13-21)9-4-10-18-19-14-5-7-15(8-6-14)20(2)3/h5-8,11-13H,4,9-10H2,1-3H3,(H,22,23,24). The number of aromatic nitrogens is 2. The first-order valence-electron chi connectivity index (χ1n) is 7.89. The van der Waals surface area contributed by atoms with Gasteiger partial charge in [-0.15, -0.1) is 0 Å². The Hall–Kier alpha value is -2.26. The highest BCUT2D eigenvalue weighted by Crippen LogP contribution is 2.22. The first kappa shape index (κ1) is 19.1. The third-order valence-corrected chi connectivity index (χ3v) is 5.57. The maximum Gasteiger partial charge on any atom is 0.242 e. The van der Waals surface area contributed by atoms with Crippen molar-refractivity contribution in [2.75, 3.05) is 25.5 Å². The van der Waals surface area contributed by atoms with Crippen LogP contribution in [0, 0.1) is 0 Å². The summed E-state index contributed by atoms with van der Waals surface area (Å²) in [6, 6.07) is 7.61. The zero-order valence-corrected chi connectivity index (χ0v) is 15.4. The predicted octanol–water partition coefficient (Wildman–Crippen LogP) is 2.15. The highest BCUT2D eigenvalue weighted by molar-refractivity contribution is 7.86. The third kappa shape index (κ3) is 4.64. The fourth-order valence-electron chi connectivity index (χ4n) is 2.39. The van der Waals surface area contributed by atoms with Crippen LogP contribution in [0.2, 0.25) is 0 Å². The summed E-state index contributed by atoms with van der Waals surface area (Å²) in [6.07, 6.45) is 5.14. The van der Waals surface area contributed by atoms with Crippen molar-refractivity contribution in [3.63, 3.8) is 0 Å². The number of benzene rings is 1. The molecular formula is C16H23N5O3S. The molecule has 1 atom stereocenters. The van der Waals surface area contributed by atoms with Gasteiger partial charge in [0.1, 0.15) is 22.5 Å². The Labute approximate surface area is 148 Å². The van der Waals surface area contributed by atoms with Crippen LogP contribution in [0.4, 0.5) is 11.4 Å². The van der Waals surface area contributed by atoms with Gasteiger partial charge in [-0.3, -0.25) is 4.98 Å². The number of H-pyrrole nitrogens is 1. The lowest BCUT2D eigenvalue weighted by molar-refractivity contribution is -0.737. The van der Waals surface area contributed by atoms with Crippen LogP contribution in [-0.4, -0.2) is 38.6 Å². The largest absolute Gasteiger partial charge is 0.744 e. The van der Waals surface area contributed by atoms with E-state index < -0.39 is 15.0 Å². The Morgan fingerprint density at radius 2 is 1.96 bits per heavy atom. The normalized spacial score (nSPS) is 14.6. The van der Waals surface area contributed by atoms with E-state index in [4.69, 9.17) is 0 Å². The van der Waals surface area contributed by atoms with E-state index in [2.05, 4.69) is 15.2 Å². The molecule has 0 radical (unpaired) electrons. The van der Waals surface area contributed by atoms with E-state index in [0.29, 0.717) is 13.0 Å². The summed E-state index contributed by atoms with van der Waals surface area (Å²) in [5.74, 6) is 0. The Kier molecular flexibility index (Phi) is 5.91. The Balaban J connectivity index is 1.94. The molecule has 0 fully saturated rings. The molecule has 0 aliphatic heterocycles. The summed E-state index contributed by atoms with van der Waals surface area (Å²) in [4.78, 5) is 3.20. The number of hydrogen-bond donors (Lipinski definition) is 1. The van der Waals surface area contributed by atoms with E-state index in [-0.39, 0.29) is 6.42 Å². The van der Waals surface area contributed by atoms with E-state index >= 15 is 0 Å². The van der Waals surface area contributed by atoms with Crippen LogP contribution in [0.25, 0.3) is 0 Å². The van der Waals surface area contributed by atoms with Crippen molar-refractivity contribution < 1.29 is 17.5 Å². The molecule has 0 spiro atoms. The van der Waals surface area contributed by atoms with Crippen molar-refractivity contribution >= 4 is 21.5 Å². The number of nitrogens with zero attached hydrogens (tertiary/aromatic N) is 4. The van der Waals surface area contributed by atoms with Crippen LogP contribution in [-0.2, 0) is 15.0 Å². The molecule has 8 nitrogen and oxygen atoms in total. The van der Waals surface area contributed by atoms with Gasteiger partial charge in [0.15, 0.2) is 4.87 Å². The van der Waals surface area contributed by atoms with E-state index in [1.165, 1.54) is 24.0 Å². The number of aromatic amines is 1. The highest BCUT2D eigenvalue weighted by atomic mass is 32.2. The number of azo groups is 1. The monoisotopic (exact) mass is 365 g/mol. The summed E-state index contributed by atoms with van der Waals surface area (Å²) < 4.78 is 36.4. The second-order valence-electron chi connectivity index (χ2n) is 6.13. The van der Waals surface area contributed by atoms with Gasteiger partial charge in [0.05, 0.1) is 12.2 Å². The number of hydrogen-bond acceptors (Lipinski definition) is 6. The van der Waals surface area contributed by atoms with Crippen molar-refractivity contribution in [2.45, 2.75) is 24.6 Å². The fourth-order valence-corrected chi connectivity index (χ4v) is 3.16. The molecule has 1 heterocycles. The minimum atomic E-state index is -4.52. The van der Waals surface area contributed by atoms with Gasteiger partial charge in [-0.1, -0.05) is 0 Å². The van der Waals surface area contributed by atoms with Crippen LogP contribution >= 0.6 is 0 Å². The molecule has 2 aromatic rings. The molecule has 0 saturated heterocycles. The maximum atomic E-state index is 11.7. The van der Waals surface area contributed by atoms with Crippen LogP contribution in [0.5, 0.6) is 0 Å². The highest BCUT2D eigenvalue weighted by Gasteiger charge is 2.37. The molecule has 0 aliphatic carbocycles. The molecule has 1 unspecified atom stereocenters. The molecule has 0 aliphatic rings. The quantitative estimate of drug-likeness (QED) is 0.335. The number of imidazole rings is 1. The van der Waals surface area contributed by atoms with E-state index in [1.807, 2.05) is 43.3 Å². The SMILES string of the molecule is CN(C)c1ccc(N=NCCCC(C)([n+]2cc[nH]c2)S(=O)(=O)[O-])cc1. The van der Waals surface area contributed by atoms with Gasteiger partial charge in [-0.05, 0) is 37.6 Å². The molecule has 2 rings (SSSR count). The lowest BCUT2D eigenvalue weighted by atomic mass is 10.1. The summed E-state index contributed by atoms with van der Waals surface area (Å²) in [7, 11) is -0.607. The molecule has 1 aromatic carbocycles. The van der Waals surface area contributed by atoms with Gasteiger partial charge in [-0.25, -0.2) is 13.0 Å². The summed E-state index contributed by atoms with van der Waals surface area (Å²) in [5.41, 5.74) is 1.80. The fraction of sp³-hybridized carbons (Fsp3) is 0.438. The summed E-state index contributed by atoms with van der Waals surface area (Å²) in [5, 5.41) is 8.20. The van der Waals surface area contributed by atoms with Gasteiger partial charge in [0.2, 0.25) is 6.33 Å². The van der Waals surface area contributed by atoms with Crippen LogP contribution < -0.4 is 9.47 Å². The molecule has 136 valence electrons. The van der Waals surface area contributed by atoms with Crippen molar-refractivity contribution in [1.82, 2.24) is 4.98 Å². The molecule has 9 heteroatoms. The lowest BCUT2D eigenvalue weighted by Gasteiger charge is -2.28. The first-order chi connectivity index (χ1) is 11.7. The van der Waals surface area contributed by atoms with E-state index in [9.17, 15) is 13.0 Å². The molecule has 0 amide bonds. The topological polar surface area (TPSA) is 105 Å². The average molecular weight is 365 g/mol. The average Bonchev–Trinajstić information content (AvgIpc) is 3.08. The predicted molar refractivity (Wildman–Crippen MR) is 93.7 cm³/mol. The Morgan fingerprint density at radius 3 is 2.48 bits per heavy atom. The second kappa shape index (κ2) is 7.75. The van der Waals surface area contributed by atoms with Crippen LogP contribution in [0.15, 0.2) is 53.2 Å². The maximum absolute atomic E-state index is 11.7. The van der Waals surface area contributed by atoms with Gasteiger partial charge < -0.3 is 9.45 Å². The Morgan fingerprint density at radius 1 is 1.28 bits per heavy atom. The molecule has 1 aromatic heterocycles.